The van der Waals surface area contributed by atoms with Crippen molar-refractivity contribution < 1.29 is 4.74 Å². The van der Waals surface area contributed by atoms with Gasteiger partial charge in [0.15, 0.2) is 0 Å². The van der Waals surface area contributed by atoms with Crippen LogP contribution in [0.4, 0.5) is 5.95 Å². The smallest absolute Gasteiger partial charge is 0.322 e. The SMILES string of the molecule is CCCOc1nc(Cl)nc(NC(C)c2cccc(Br)c2)n1. The molecule has 0 radical (unpaired) electrons. The number of hydrogen-bond donors (Lipinski definition) is 1. The van der Waals surface area contributed by atoms with E-state index >= 15 is 0 Å². The molecule has 1 atom stereocenters. The van der Waals surface area contributed by atoms with E-state index < -0.39 is 0 Å². The van der Waals surface area contributed by atoms with E-state index in [4.69, 9.17) is 16.3 Å². The van der Waals surface area contributed by atoms with Crippen LogP contribution in [0.5, 0.6) is 6.01 Å². The van der Waals surface area contributed by atoms with Gasteiger partial charge in [0.25, 0.3) is 0 Å². The van der Waals surface area contributed by atoms with Crippen molar-refractivity contribution in [3.05, 3.63) is 39.6 Å². The molecule has 0 amide bonds. The minimum absolute atomic E-state index is 0.0278. The van der Waals surface area contributed by atoms with Gasteiger partial charge in [0.1, 0.15) is 0 Å². The van der Waals surface area contributed by atoms with Crippen molar-refractivity contribution in [1.29, 1.82) is 0 Å². The number of benzene rings is 1. The molecule has 7 heteroatoms. The summed E-state index contributed by atoms with van der Waals surface area (Å²) in [7, 11) is 0. The van der Waals surface area contributed by atoms with E-state index in [0.717, 1.165) is 16.5 Å². The van der Waals surface area contributed by atoms with Crippen molar-refractivity contribution in [3.8, 4) is 6.01 Å². The molecule has 1 aromatic heterocycles. The van der Waals surface area contributed by atoms with Gasteiger partial charge < -0.3 is 10.1 Å². The lowest BCUT2D eigenvalue weighted by Crippen LogP contribution is -2.11. The molecule has 1 heterocycles. The zero-order valence-electron chi connectivity index (χ0n) is 11.8. The first kappa shape index (κ1) is 16.0. The molecule has 1 aromatic carbocycles. The van der Waals surface area contributed by atoms with Crippen molar-refractivity contribution in [1.82, 2.24) is 15.0 Å². The third kappa shape index (κ3) is 4.82. The van der Waals surface area contributed by atoms with E-state index in [1.807, 2.05) is 38.1 Å². The number of nitrogens with zero attached hydrogens (tertiary/aromatic N) is 3. The summed E-state index contributed by atoms with van der Waals surface area (Å²) in [6, 6.07) is 8.29. The summed E-state index contributed by atoms with van der Waals surface area (Å²) in [5.41, 5.74) is 1.11. The van der Waals surface area contributed by atoms with Crippen LogP contribution in [0.3, 0.4) is 0 Å². The van der Waals surface area contributed by atoms with Gasteiger partial charge in [-0.3, -0.25) is 0 Å². The van der Waals surface area contributed by atoms with Crippen molar-refractivity contribution in [2.24, 2.45) is 0 Å². The Hall–Kier alpha value is -1.40. The third-order valence-electron chi connectivity index (χ3n) is 2.72. The number of anilines is 1. The highest BCUT2D eigenvalue weighted by Crippen LogP contribution is 2.21. The molecule has 0 spiro atoms. The molecule has 2 aromatic rings. The van der Waals surface area contributed by atoms with Gasteiger partial charge in [-0.25, -0.2) is 0 Å². The number of rotatable bonds is 6. The van der Waals surface area contributed by atoms with Crippen molar-refractivity contribution in [2.75, 3.05) is 11.9 Å². The minimum atomic E-state index is 0.0278. The number of halogens is 2. The lowest BCUT2D eigenvalue weighted by atomic mass is 10.1. The summed E-state index contributed by atoms with van der Waals surface area (Å²) in [6.07, 6.45) is 0.876. The molecule has 0 saturated heterocycles. The summed E-state index contributed by atoms with van der Waals surface area (Å²) in [6.45, 7) is 4.57. The standard InChI is InChI=1S/C14H16BrClN4O/c1-3-7-21-14-19-12(16)18-13(20-14)17-9(2)10-5-4-6-11(15)8-10/h4-6,8-9H,3,7H2,1-2H3,(H,17,18,19,20). The lowest BCUT2D eigenvalue weighted by molar-refractivity contribution is 0.291. The summed E-state index contributed by atoms with van der Waals surface area (Å²) in [5.74, 6) is 0.397. The topological polar surface area (TPSA) is 59.9 Å². The average molecular weight is 372 g/mol. The zero-order valence-corrected chi connectivity index (χ0v) is 14.1. The van der Waals surface area contributed by atoms with Gasteiger partial charge in [0, 0.05) is 4.47 Å². The van der Waals surface area contributed by atoms with Crippen LogP contribution in [0, 0.1) is 0 Å². The van der Waals surface area contributed by atoms with E-state index in [-0.39, 0.29) is 17.3 Å². The minimum Gasteiger partial charge on any atom is -0.463 e. The van der Waals surface area contributed by atoms with Gasteiger partial charge in [-0.2, -0.15) is 15.0 Å². The zero-order chi connectivity index (χ0) is 15.2. The molecule has 1 N–H and O–H groups in total. The molecule has 0 aliphatic rings. The van der Waals surface area contributed by atoms with Gasteiger partial charge in [-0.05, 0) is 42.6 Å². The average Bonchev–Trinajstić information content (AvgIpc) is 2.44. The van der Waals surface area contributed by atoms with E-state index in [2.05, 4.69) is 36.2 Å². The molecular formula is C14H16BrClN4O. The fourth-order valence-electron chi connectivity index (χ4n) is 1.71. The first-order valence-corrected chi connectivity index (χ1v) is 7.82. The van der Waals surface area contributed by atoms with Crippen LogP contribution < -0.4 is 10.1 Å². The third-order valence-corrected chi connectivity index (χ3v) is 3.38. The molecule has 0 fully saturated rings. The Balaban J connectivity index is 2.13. The van der Waals surface area contributed by atoms with Crippen molar-refractivity contribution in [2.45, 2.75) is 26.3 Å². The van der Waals surface area contributed by atoms with Crippen LogP contribution in [-0.4, -0.2) is 21.6 Å². The monoisotopic (exact) mass is 370 g/mol. The number of hydrogen-bond acceptors (Lipinski definition) is 5. The maximum absolute atomic E-state index is 5.89. The molecule has 2 rings (SSSR count). The second-order valence-electron chi connectivity index (χ2n) is 4.48. The van der Waals surface area contributed by atoms with Crippen LogP contribution in [0.1, 0.15) is 31.9 Å². The number of aromatic nitrogens is 3. The van der Waals surface area contributed by atoms with E-state index in [1.165, 1.54) is 0 Å². The molecule has 0 bridgehead atoms. The molecule has 5 nitrogen and oxygen atoms in total. The first-order chi connectivity index (χ1) is 10.1. The Morgan fingerprint density at radius 2 is 2.14 bits per heavy atom. The Labute approximate surface area is 137 Å². The molecule has 0 saturated carbocycles. The predicted molar refractivity (Wildman–Crippen MR) is 86.8 cm³/mol. The Bertz CT molecular complexity index is 611. The molecule has 0 aliphatic heterocycles. The largest absolute Gasteiger partial charge is 0.463 e. The van der Waals surface area contributed by atoms with Crippen LogP contribution in [0.2, 0.25) is 5.28 Å². The van der Waals surface area contributed by atoms with E-state index in [0.29, 0.717) is 12.6 Å². The fraction of sp³-hybridized carbons (Fsp3) is 0.357. The van der Waals surface area contributed by atoms with Gasteiger partial charge in [0.2, 0.25) is 11.2 Å². The lowest BCUT2D eigenvalue weighted by Gasteiger charge is -2.15. The summed E-state index contributed by atoms with van der Waals surface area (Å²) < 4.78 is 6.41. The Kier molecular flexibility index (Phi) is 5.76. The van der Waals surface area contributed by atoms with Crippen LogP contribution in [0.25, 0.3) is 0 Å². The van der Waals surface area contributed by atoms with Crippen LogP contribution in [-0.2, 0) is 0 Å². The molecule has 21 heavy (non-hydrogen) atoms. The highest BCUT2D eigenvalue weighted by molar-refractivity contribution is 9.10. The summed E-state index contributed by atoms with van der Waals surface area (Å²) >= 11 is 9.35. The van der Waals surface area contributed by atoms with Gasteiger partial charge in [0.05, 0.1) is 12.6 Å². The number of ether oxygens (including phenoxy) is 1. The molecular weight excluding hydrogens is 356 g/mol. The Morgan fingerprint density at radius 3 is 2.86 bits per heavy atom. The first-order valence-electron chi connectivity index (χ1n) is 6.65. The normalized spacial score (nSPS) is 12.0. The second kappa shape index (κ2) is 7.56. The molecule has 112 valence electrons. The second-order valence-corrected chi connectivity index (χ2v) is 5.73. The predicted octanol–water partition coefficient (Wildman–Crippen LogP) is 4.25. The van der Waals surface area contributed by atoms with E-state index in [1.54, 1.807) is 0 Å². The van der Waals surface area contributed by atoms with Gasteiger partial charge in [-0.15, -0.1) is 0 Å². The van der Waals surface area contributed by atoms with Gasteiger partial charge >= 0.3 is 6.01 Å². The van der Waals surface area contributed by atoms with Gasteiger partial charge in [-0.1, -0.05) is 35.0 Å². The molecule has 1 unspecified atom stereocenters. The number of nitrogens with one attached hydrogen (secondary N) is 1. The van der Waals surface area contributed by atoms with Crippen molar-refractivity contribution >= 4 is 33.5 Å². The highest BCUT2D eigenvalue weighted by Gasteiger charge is 2.10. The molecule has 0 aliphatic carbocycles. The van der Waals surface area contributed by atoms with Crippen LogP contribution >= 0.6 is 27.5 Å². The quantitative estimate of drug-likeness (QED) is 0.822. The van der Waals surface area contributed by atoms with Crippen LogP contribution in [0.15, 0.2) is 28.7 Å². The Morgan fingerprint density at radius 1 is 1.33 bits per heavy atom. The maximum atomic E-state index is 5.89. The summed E-state index contributed by atoms with van der Waals surface area (Å²) in [5, 5.41) is 3.31. The summed E-state index contributed by atoms with van der Waals surface area (Å²) in [4.78, 5) is 12.2. The highest BCUT2D eigenvalue weighted by atomic mass is 79.9. The van der Waals surface area contributed by atoms with Crippen molar-refractivity contribution in [3.63, 3.8) is 0 Å². The van der Waals surface area contributed by atoms with E-state index in [9.17, 15) is 0 Å². The fourth-order valence-corrected chi connectivity index (χ4v) is 2.28. The maximum Gasteiger partial charge on any atom is 0.322 e.